The number of aromatic amines is 1. The molecule has 2 heterocycles. The number of piperidine rings is 1. The first-order valence-electron chi connectivity index (χ1n) is 9.09. The monoisotopic (exact) mass is 332 g/mol. The molecule has 24 heavy (non-hydrogen) atoms. The molecule has 3 rings (SSSR count). The lowest BCUT2D eigenvalue weighted by atomic mass is 9.94. The maximum atomic E-state index is 12.6. The first-order valence-corrected chi connectivity index (χ1v) is 9.09. The van der Waals surface area contributed by atoms with E-state index in [2.05, 4.69) is 9.97 Å². The molecule has 6 heteroatoms. The molecular formula is C18H28N4O2. The molecule has 0 spiro atoms. The Morgan fingerprint density at radius 3 is 2.46 bits per heavy atom. The summed E-state index contributed by atoms with van der Waals surface area (Å²) in [6, 6.07) is 0. The fraction of sp³-hybridized carbons (Fsp3) is 0.722. The zero-order chi connectivity index (χ0) is 17.1. The lowest BCUT2D eigenvalue weighted by Gasteiger charge is -2.34. The van der Waals surface area contributed by atoms with Crippen LogP contribution in [0.2, 0.25) is 0 Å². The van der Waals surface area contributed by atoms with Gasteiger partial charge in [-0.3, -0.25) is 9.59 Å². The second-order valence-corrected chi connectivity index (χ2v) is 7.29. The van der Waals surface area contributed by atoms with Gasteiger partial charge in [0.15, 0.2) is 0 Å². The Labute approximate surface area is 143 Å². The molecule has 2 amide bonds. The molecule has 1 aromatic heterocycles. The first-order chi connectivity index (χ1) is 11.5. The zero-order valence-corrected chi connectivity index (χ0v) is 14.8. The van der Waals surface area contributed by atoms with E-state index in [4.69, 9.17) is 0 Å². The molecule has 2 aliphatic rings. The van der Waals surface area contributed by atoms with Crippen LogP contribution in [0.1, 0.15) is 50.0 Å². The Morgan fingerprint density at radius 1 is 1.21 bits per heavy atom. The Morgan fingerprint density at radius 2 is 1.88 bits per heavy atom. The third kappa shape index (κ3) is 3.79. The second kappa shape index (κ2) is 7.36. The van der Waals surface area contributed by atoms with E-state index in [9.17, 15) is 9.59 Å². The Bertz CT molecular complexity index is 584. The van der Waals surface area contributed by atoms with Crippen LogP contribution in [0.5, 0.6) is 0 Å². The van der Waals surface area contributed by atoms with E-state index in [0.29, 0.717) is 12.5 Å². The third-order valence-electron chi connectivity index (χ3n) is 5.38. The standard InChI is InChI=1S/C18H28N4O2/c1-13-11-19-16(20-13)12-21(2)17(23)15-7-9-22(10-8-15)18(24)14-5-3-4-6-14/h11,14-15H,3-10,12H2,1-2H3,(H,19,20). The number of hydrogen-bond donors (Lipinski definition) is 1. The van der Waals surface area contributed by atoms with Gasteiger partial charge in [-0.25, -0.2) is 4.98 Å². The van der Waals surface area contributed by atoms with E-state index in [1.807, 2.05) is 18.9 Å². The van der Waals surface area contributed by atoms with Gasteiger partial charge in [-0.15, -0.1) is 0 Å². The van der Waals surface area contributed by atoms with E-state index in [-0.39, 0.29) is 17.7 Å². The van der Waals surface area contributed by atoms with Crippen molar-refractivity contribution < 1.29 is 9.59 Å². The number of H-pyrrole nitrogens is 1. The van der Waals surface area contributed by atoms with E-state index < -0.39 is 0 Å². The third-order valence-corrected chi connectivity index (χ3v) is 5.38. The highest BCUT2D eigenvalue weighted by Crippen LogP contribution is 2.28. The predicted molar refractivity (Wildman–Crippen MR) is 91.1 cm³/mol. The second-order valence-electron chi connectivity index (χ2n) is 7.29. The molecule has 1 aromatic rings. The largest absolute Gasteiger partial charge is 0.345 e. The molecule has 1 saturated heterocycles. The highest BCUT2D eigenvalue weighted by Gasteiger charge is 2.32. The van der Waals surface area contributed by atoms with Gasteiger partial charge in [0, 0.05) is 43.9 Å². The number of imidazole rings is 1. The van der Waals surface area contributed by atoms with Crippen molar-refractivity contribution in [3.63, 3.8) is 0 Å². The average Bonchev–Trinajstić information content (AvgIpc) is 3.25. The molecule has 0 atom stereocenters. The van der Waals surface area contributed by atoms with E-state index in [1.165, 1.54) is 12.8 Å². The summed E-state index contributed by atoms with van der Waals surface area (Å²) in [5.41, 5.74) is 1.00. The Hall–Kier alpha value is -1.85. The SMILES string of the molecule is Cc1cnc(CN(C)C(=O)C2CCN(C(=O)C3CCCC3)CC2)[nH]1. The van der Waals surface area contributed by atoms with Crippen LogP contribution in [0.3, 0.4) is 0 Å². The highest BCUT2D eigenvalue weighted by molar-refractivity contribution is 5.81. The number of rotatable bonds is 4. The lowest BCUT2D eigenvalue weighted by Crippen LogP contribution is -2.45. The molecule has 1 aliphatic heterocycles. The van der Waals surface area contributed by atoms with Crippen LogP contribution in [0.15, 0.2) is 6.20 Å². The summed E-state index contributed by atoms with van der Waals surface area (Å²) >= 11 is 0. The minimum absolute atomic E-state index is 0.0266. The molecular weight excluding hydrogens is 304 g/mol. The smallest absolute Gasteiger partial charge is 0.225 e. The van der Waals surface area contributed by atoms with Gasteiger partial charge in [0.2, 0.25) is 11.8 Å². The van der Waals surface area contributed by atoms with Crippen LogP contribution < -0.4 is 0 Å². The van der Waals surface area contributed by atoms with Crippen molar-refractivity contribution in [2.75, 3.05) is 20.1 Å². The van der Waals surface area contributed by atoms with Crippen molar-refractivity contribution in [2.24, 2.45) is 11.8 Å². The van der Waals surface area contributed by atoms with Crippen LogP contribution in [0.4, 0.5) is 0 Å². The molecule has 0 aromatic carbocycles. The van der Waals surface area contributed by atoms with Gasteiger partial charge in [0.25, 0.3) is 0 Å². The predicted octanol–water partition coefficient (Wildman–Crippen LogP) is 2.11. The van der Waals surface area contributed by atoms with Crippen LogP contribution >= 0.6 is 0 Å². The number of hydrogen-bond acceptors (Lipinski definition) is 3. The van der Waals surface area contributed by atoms with Crippen LogP contribution in [-0.2, 0) is 16.1 Å². The Kier molecular flexibility index (Phi) is 5.21. The minimum Gasteiger partial charge on any atom is -0.345 e. The summed E-state index contributed by atoms with van der Waals surface area (Å²) in [5.74, 6) is 1.56. The van der Waals surface area contributed by atoms with Crippen molar-refractivity contribution in [3.8, 4) is 0 Å². The van der Waals surface area contributed by atoms with Gasteiger partial charge in [0.1, 0.15) is 5.82 Å². The topological polar surface area (TPSA) is 69.3 Å². The number of amides is 2. The fourth-order valence-electron chi connectivity index (χ4n) is 3.94. The molecule has 1 saturated carbocycles. The summed E-state index contributed by atoms with van der Waals surface area (Å²) in [4.78, 5) is 36.2. The molecule has 6 nitrogen and oxygen atoms in total. The highest BCUT2D eigenvalue weighted by atomic mass is 16.2. The maximum absolute atomic E-state index is 12.6. The molecule has 0 radical (unpaired) electrons. The first kappa shape index (κ1) is 17.0. The average molecular weight is 332 g/mol. The Balaban J connectivity index is 1.48. The van der Waals surface area contributed by atoms with E-state index in [1.54, 1.807) is 11.1 Å². The van der Waals surface area contributed by atoms with E-state index >= 15 is 0 Å². The van der Waals surface area contributed by atoms with Gasteiger partial charge in [-0.05, 0) is 32.6 Å². The number of carbonyl (C=O) groups is 2. The fourth-order valence-corrected chi connectivity index (χ4v) is 3.94. The lowest BCUT2D eigenvalue weighted by molar-refractivity contribution is -0.142. The van der Waals surface area contributed by atoms with Crippen LogP contribution in [0, 0.1) is 18.8 Å². The van der Waals surface area contributed by atoms with Crippen molar-refractivity contribution in [1.29, 1.82) is 0 Å². The van der Waals surface area contributed by atoms with Crippen LogP contribution in [0.25, 0.3) is 0 Å². The number of aromatic nitrogens is 2. The molecule has 1 aliphatic carbocycles. The normalized spacial score (nSPS) is 19.7. The van der Waals surface area contributed by atoms with Gasteiger partial charge in [0.05, 0.1) is 6.54 Å². The molecule has 0 bridgehead atoms. The van der Waals surface area contributed by atoms with Crippen molar-refractivity contribution >= 4 is 11.8 Å². The summed E-state index contributed by atoms with van der Waals surface area (Å²) in [6.45, 7) is 3.90. The summed E-state index contributed by atoms with van der Waals surface area (Å²) in [5, 5.41) is 0. The number of nitrogens with zero attached hydrogens (tertiary/aromatic N) is 3. The van der Waals surface area contributed by atoms with Crippen LogP contribution in [-0.4, -0.2) is 51.7 Å². The van der Waals surface area contributed by atoms with Gasteiger partial charge < -0.3 is 14.8 Å². The van der Waals surface area contributed by atoms with Crippen molar-refractivity contribution in [2.45, 2.75) is 52.0 Å². The van der Waals surface area contributed by atoms with Gasteiger partial charge >= 0.3 is 0 Å². The summed E-state index contributed by atoms with van der Waals surface area (Å²) in [7, 11) is 1.83. The number of nitrogens with one attached hydrogen (secondary N) is 1. The van der Waals surface area contributed by atoms with Gasteiger partial charge in [-0.1, -0.05) is 12.8 Å². The number of carbonyl (C=O) groups excluding carboxylic acids is 2. The minimum atomic E-state index is 0.0266. The molecule has 2 fully saturated rings. The maximum Gasteiger partial charge on any atom is 0.225 e. The number of aryl methyl sites for hydroxylation is 1. The van der Waals surface area contributed by atoms with E-state index in [0.717, 1.165) is 50.3 Å². The van der Waals surface area contributed by atoms with Crippen molar-refractivity contribution in [1.82, 2.24) is 19.8 Å². The zero-order valence-electron chi connectivity index (χ0n) is 14.8. The molecule has 1 N–H and O–H groups in total. The summed E-state index contributed by atoms with van der Waals surface area (Å²) < 4.78 is 0. The van der Waals surface area contributed by atoms with Gasteiger partial charge in [-0.2, -0.15) is 0 Å². The molecule has 132 valence electrons. The summed E-state index contributed by atoms with van der Waals surface area (Å²) in [6.07, 6.45) is 7.79. The van der Waals surface area contributed by atoms with Crippen molar-refractivity contribution in [3.05, 3.63) is 17.7 Å². The number of likely N-dealkylation sites (tertiary alicyclic amines) is 1. The molecule has 0 unspecified atom stereocenters. The quantitative estimate of drug-likeness (QED) is 0.918.